The topological polar surface area (TPSA) is 46.5 Å². The summed E-state index contributed by atoms with van der Waals surface area (Å²) in [4.78, 5) is 4.46. The summed E-state index contributed by atoms with van der Waals surface area (Å²) in [5, 5.41) is 6.61. The highest BCUT2D eigenvalue weighted by atomic mass is 32.1. The van der Waals surface area contributed by atoms with Gasteiger partial charge in [-0.15, -0.1) is 11.3 Å². The number of nitrogens with one attached hydrogen (secondary N) is 1. The first-order chi connectivity index (χ1) is 15.1. The molecule has 0 fully saturated rings. The lowest BCUT2D eigenvalue weighted by Gasteiger charge is -2.08. The van der Waals surface area contributed by atoms with E-state index in [4.69, 9.17) is 4.74 Å². The molecule has 0 spiro atoms. The Morgan fingerprint density at radius 2 is 1.74 bits per heavy atom. The van der Waals surface area contributed by atoms with Crippen molar-refractivity contribution in [3.05, 3.63) is 101 Å². The van der Waals surface area contributed by atoms with Crippen LogP contribution in [-0.4, -0.2) is 11.2 Å². The smallest absolute Gasteiger partial charge is 0.203 e. The van der Waals surface area contributed by atoms with Gasteiger partial charge < -0.3 is 4.74 Å². The molecule has 31 heavy (non-hydrogen) atoms. The molecule has 0 aliphatic heterocycles. The number of aromatic nitrogens is 1. The molecular formula is C23H16F3N3OS. The van der Waals surface area contributed by atoms with Gasteiger partial charge in [-0.3, -0.25) is 5.43 Å². The van der Waals surface area contributed by atoms with Crippen LogP contribution in [0.25, 0.3) is 11.3 Å². The minimum atomic E-state index is -0.714. The van der Waals surface area contributed by atoms with Crippen LogP contribution < -0.4 is 10.2 Å². The van der Waals surface area contributed by atoms with Gasteiger partial charge in [0.15, 0.2) is 11.6 Å². The number of anilines is 1. The summed E-state index contributed by atoms with van der Waals surface area (Å²) < 4.78 is 46.1. The van der Waals surface area contributed by atoms with Crippen LogP contribution in [0.3, 0.4) is 0 Å². The van der Waals surface area contributed by atoms with Gasteiger partial charge in [-0.1, -0.05) is 30.3 Å². The van der Waals surface area contributed by atoms with Crippen LogP contribution in [0.15, 0.2) is 77.2 Å². The monoisotopic (exact) mass is 439 g/mol. The normalized spacial score (nSPS) is 11.1. The minimum absolute atomic E-state index is 0.0257. The van der Waals surface area contributed by atoms with Gasteiger partial charge in [0.25, 0.3) is 0 Å². The van der Waals surface area contributed by atoms with Crippen molar-refractivity contribution < 1.29 is 17.9 Å². The molecule has 0 unspecified atom stereocenters. The number of benzene rings is 3. The number of nitrogens with zero attached hydrogens (tertiary/aromatic N) is 2. The number of halogens is 3. The Morgan fingerprint density at radius 3 is 2.48 bits per heavy atom. The molecule has 3 aromatic carbocycles. The van der Waals surface area contributed by atoms with E-state index < -0.39 is 17.5 Å². The van der Waals surface area contributed by atoms with Gasteiger partial charge in [0.05, 0.1) is 11.9 Å². The fraction of sp³-hybridized carbons (Fsp3) is 0.0435. The number of rotatable bonds is 7. The zero-order valence-corrected chi connectivity index (χ0v) is 16.9. The zero-order chi connectivity index (χ0) is 21.6. The molecule has 4 rings (SSSR count). The molecule has 1 N–H and O–H groups in total. The second kappa shape index (κ2) is 9.44. The Bertz CT molecular complexity index is 1190. The SMILES string of the molecule is Fc1cc(F)cc(COc2ccc(C=NNc3nc(-c4ccccc4)cs3)cc2F)c1. The molecule has 1 aromatic heterocycles. The molecule has 0 atom stereocenters. The summed E-state index contributed by atoms with van der Waals surface area (Å²) in [6, 6.07) is 17.1. The van der Waals surface area contributed by atoms with Crippen molar-refractivity contribution in [3.8, 4) is 17.0 Å². The van der Waals surface area contributed by atoms with Crippen molar-refractivity contribution in [1.29, 1.82) is 0 Å². The molecule has 8 heteroatoms. The van der Waals surface area contributed by atoms with Crippen LogP contribution in [0.1, 0.15) is 11.1 Å². The van der Waals surface area contributed by atoms with E-state index in [-0.39, 0.29) is 17.9 Å². The van der Waals surface area contributed by atoms with Gasteiger partial charge in [-0.25, -0.2) is 18.2 Å². The molecule has 0 aliphatic rings. The van der Waals surface area contributed by atoms with Gasteiger partial charge in [0, 0.05) is 17.0 Å². The summed E-state index contributed by atoms with van der Waals surface area (Å²) in [6.45, 7) is -0.158. The van der Waals surface area contributed by atoms with Gasteiger partial charge >= 0.3 is 0 Å². The largest absolute Gasteiger partial charge is 0.486 e. The van der Waals surface area contributed by atoms with Crippen LogP contribution in [0.4, 0.5) is 18.3 Å². The van der Waals surface area contributed by atoms with Gasteiger partial charge in [0.1, 0.15) is 18.2 Å². The van der Waals surface area contributed by atoms with E-state index in [1.165, 1.54) is 29.7 Å². The van der Waals surface area contributed by atoms with E-state index >= 15 is 0 Å². The summed E-state index contributed by atoms with van der Waals surface area (Å²) in [5.74, 6) is -2.06. The highest BCUT2D eigenvalue weighted by Gasteiger charge is 2.07. The Morgan fingerprint density at radius 1 is 0.968 bits per heavy atom. The van der Waals surface area contributed by atoms with Crippen molar-refractivity contribution in [2.75, 3.05) is 5.43 Å². The van der Waals surface area contributed by atoms with E-state index in [1.54, 1.807) is 6.07 Å². The molecule has 4 aromatic rings. The molecule has 156 valence electrons. The van der Waals surface area contributed by atoms with Gasteiger partial charge in [-0.2, -0.15) is 5.10 Å². The fourth-order valence-electron chi connectivity index (χ4n) is 2.80. The first kappa shape index (κ1) is 20.6. The van der Waals surface area contributed by atoms with Crippen molar-refractivity contribution in [2.24, 2.45) is 5.10 Å². The highest BCUT2D eigenvalue weighted by molar-refractivity contribution is 7.14. The molecule has 0 bridgehead atoms. The standard InChI is InChI=1S/C23H16F3N3OS/c24-18-8-16(9-19(25)11-18)13-30-22-7-6-15(10-20(22)26)12-27-29-23-28-21(14-31-23)17-4-2-1-3-5-17/h1-12,14H,13H2,(H,28,29). The number of ether oxygens (including phenoxy) is 1. The average molecular weight is 439 g/mol. The lowest BCUT2D eigenvalue weighted by molar-refractivity contribution is 0.289. The predicted octanol–water partition coefficient (Wildman–Crippen LogP) is 6.25. The third kappa shape index (κ3) is 5.49. The summed E-state index contributed by atoms with van der Waals surface area (Å²) in [7, 11) is 0. The number of thiazole rings is 1. The number of hydrogen-bond acceptors (Lipinski definition) is 5. The number of hydrogen-bond donors (Lipinski definition) is 1. The summed E-state index contributed by atoms with van der Waals surface area (Å²) in [6.07, 6.45) is 1.46. The first-order valence-corrected chi connectivity index (χ1v) is 10.1. The lowest BCUT2D eigenvalue weighted by Crippen LogP contribution is -1.99. The molecule has 4 nitrogen and oxygen atoms in total. The molecule has 0 saturated carbocycles. The van der Waals surface area contributed by atoms with Crippen LogP contribution in [0, 0.1) is 17.5 Å². The minimum Gasteiger partial charge on any atom is -0.486 e. The summed E-state index contributed by atoms with van der Waals surface area (Å²) in [5.41, 5.74) is 5.45. The van der Waals surface area contributed by atoms with Crippen molar-refractivity contribution >= 4 is 22.7 Å². The molecular weight excluding hydrogens is 423 g/mol. The molecule has 1 heterocycles. The van der Waals surface area contributed by atoms with Gasteiger partial charge in [-0.05, 0) is 41.5 Å². The Kier molecular flexibility index (Phi) is 6.28. The lowest BCUT2D eigenvalue weighted by atomic mass is 10.2. The maximum Gasteiger partial charge on any atom is 0.203 e. The van der Waals surface area contributed by atoms with Gasteiger partial charge in [0.2, 0.25) is 5.13 Å². The van der Waals surface area contributed by atoms with Crippen LogP contribution in [-0.2, 0) is 6.61 Å². The third-order valence-electron chi connectivity index (χ3n) is 4.22. The summed E-state index contributed by atoms with van der Waals surface area (Å²) >= 11 is 1.41. The van der Waals surface area contributed by atoms with Crippen molar-refractivity contribution in [3.63, 3.8) is 0 Å². The maximum atomic E-state index is 14.3. The second-order valence-corrected chi connectivity index (χ2v) is 7.39. The highest BCUT2D eigenvalue weighted by Crippen LogP contribution is 2.24. The quantitative estimate of drug-likeness (QED) is 0.273. The first-order valence-electron chi connectivity index (χ1n) is 9.24. The Balaban J connectivity index is 1.36. The third-order valence-corrected chi connectivity index (χ3v) is 4.97. The predicted molar refractivity (Wildman–Crippen MR) is 116 cm³/mol. The van der Waals surface area contributed by atoms with Crippen LogP contribution in [0.5, 0.6) is 5.75 Å². The van der Waals surface area contributed by atoms with E-state index in [0.29, 0.717) is 10.7 Å². The van der Waals surface area contributed by atoms with E-state index in [1.807, 2.05) is 35.7 Å². The molecule has 0 saturated heterocycles. The van der Waals surface area contributed by atoms with Crippen molar-refractivity contribution in [2.45, 2.75) is 6.61 Å². The van der Waals surface area contributed by atoms with E-state index in [9.17, 15) is 13.2 Å². The van der Waals surface area contributed by atoms with Crippen LogP contribution in [0.2, 0.25) is 0 Å². The molecule has 0 amide bonds. The van der Waals surface area contributed by atoms with E-state index in [2.05, 4.69) is 15.5 Å². The van der Waals surface area contributed by atoms with E-state index in [0.717, 1.165) is 29.5 Å². The Hall–Kier alpha value is -3.65. The van der Waals surface area contributed by atoms with Crippen LogP contribution >= 0.6 is 11.3 Å². The maximum absolute atomic E-state index is 14.3. The van der Waals surface area contributed by atoms with Crippen molar-refractivity contribution in [1.82, 2.24) is 4.98 Å². The average Bonchev–Trinajstić information content (AvgIpc) is 3.22. The Labute approximate surface area is 180 Å². The number of hydrazone groups is 1. The molecule has 0 aliphatic carbocycles. The fourth-order valence-corrected chi connectivity index (χ4v) is 3.47. The second-order valence-electron chi connectivity index (χ2n) is 6.53. The molecule has 0 radical (unpaired) electrons. The zero-order valence-electron chi connectivity index (χ0n) is 16.1.